The van der Waals surface area contributed by atoms with Gasteiger partial charge in [0.1, 0.15) is 5.82 Å². The summed E-state index contributed by atoms with van der Waals surface area (Å²) in [5.41, 5.74) is 2.22. The fraction of sp³-hybridized carbons (Fsp3) is 0.211. The fourth-order valence-corrected chi connectivity index (χ4v) is 3.18. The molecule has 1 amide bonds. The van der Waals surface area contributed by atoms with E-state index < -0.39 is 0 Å². The molecule has 132 valence electrons. The third kappa shape index (κ3) is 3.08. The summed E-state index contributed by atoms with van der Waals surface area (Å²) >= 11 is 6.06. The molecule has 1 fully saturated rings. The summed E-state index contributed by atoms with van der Waals surface area (Å²) in [6.45, 7) is 2.36. The van der Waals surface area contributed by atoms with Crippen molar-refractivity contribution in [3.8, 4) is 11.5 Å². The Bertz CT molecular complexity index is 988. The summed E-state index contributed by atoms with van der Waals surface area (Å²) in [5, 5.41) is 4.65. The van der Waals surface area contributed by atoms with Crippen LogP contribution in [0.5, 0.6) is 0 Å². The highest BCUT2D eigenvalue weighted by atomic mass is 35.5. The molecular formula is C19H15ClFN3O2. The number of amides is 1. The standard InChI is InChI=1S/C19H15ClFN3O2/c1-11-7-15(5-6-16(11)20)24-10-13(9-17(24)25)18-22-19(26-23-18)12-3-2-4-14(21)8-12/h2-8,13H,9-10H2,1H3. The molecule has 2 heterocycles. The second kappa shape index (κ2) is 6.53. The molecule has 2 aromatic carbocycles. The average Bonchev–Trinajstić information content (AvgIpc) is 3.24. The third-order valence-electron chi connectivity index (χ3n) is 4.46. The fourth-order valence-electron chi connectivity index (χ4n) is 3.07. The Balaban J connectivity index is 1.56. The van der Waals surface area contributed by atoms with Gasteiger partial charge in [0.25, 0.3) is 5.89 Å². The lowest BCUT2D eigenvalue weighted by molar-refractivity contribution is -0.117. The molecule has 5 nitrogen and oxygen atoms in total. The van der Waals surface area contributed by atoms with E-state index in [0.717, 1.165) is 11.3 Å². The molecule has 4 rings (SSSR count). The summed E-state index contributed by atoms with van der Waals surface area (Å²) in [6.07, 6.45) is 0.295. The number of nitrogens with zero attached hydrogens (tertiary/aromatic N) is 3. The van der Waals surface area contributed by atoms with Gasteiger partial charge < -0.3 is 9.42 Å². The first-order chi connectivity index (χ1) is 12.5. The van der Waals surface area contributed by atoms with Gasteiger partial charge in [0, 0.05) is 35.2 Å². The van der Waals surface area contributed by atoms with Crippen molar-refractivity contribution < 1.29 is 13.7 Å². The monoisotopic (exact) mass is 371 g/mol. The molecule has 0 saturated carbocycles. The van der Waals surface area contributed by atoms with Gasteiger partial charge in [-0.15, -0.1) is 0 Å². The lowest BCUT2D eigenvalue weighted by Crippen LogP contribution is -2.24. The molecular weight excluding hydrogens is 357 g/mol. The normalized spacial score (nSPS) is 17.1. The minimum atomic E-state index is -0.373. The summed E-state index contributed by atoms with van der Waals surface area (Å²) in [5.74, 6) is 0.138. The molecule has 0 N–H and O–H groups in total. The van der Waals surface area contributed by atoms with Crippen molar-refractivity contribution in [2.45, 2.75) is 19.3 Å². The number of rotatable bonds is 3. The lowest BCUT2D eigenvalue weighted by Gasteiger charge is -2.17. The van der Waals surface area contributed by atoms with Crippen molar-refractivity contribution in [1.82, 2.24) is 10.1 Å². The number of halogens is 2. The number of benzene rings is 2. The van der Waals surface area contributed by atoms with E-state index in [1.807, 2.05) is 19.1 Å². The van der Waals surface area contributed by atoms with E-state index in [-0.39, 0.29) is 23.5 Å². The van der Waals surface area contributed by atoms with Crippen LogP contribution in [0.25, 0.3) is 11.5 Å². The van der Waals surface area contributed by atoms with E-state index in [0.29, 0.717) is 29.4 Å². The van der Waals surface area contributed by atoms with Crippen molar-refractivity contribution in [2.24, 2.45) is 0 Å². The second-order valence-corrected chi connectivity index (χ2v) is 6.71. The van der Waals surface area contributed by atoms with Crippen LogP contribution in [0.15, 0.2) is 47.0 Å². The van der Waals surface area contributed by atoms with Crippen LogP contribution in [0.2, 0.25) is 5.02 Å². The van der Waals surface area contributed by atoms with E-state index in [1.54, 1.807) is 23.1 Å². The van der Waals surface area contributed by atoms with Crippen molar-refractivity contribution in [1.29, 1.82) is 0 Å². The number of carbonyl (C=O) groups excluding carboxylic acids is 1. The van der Waals surface area contributed by atoms with Crippen molar-refractivity contribution in [3.05, 3.63) is 64.7 Å². The molecule has 0 spiro atoms. The molecule has 3 aromatic rings. The van der Waals surface area contributed by atoms with Gasteiger partial charge in [-0.25, -0.2) is 4.39 Å². The Morgan fingerprint density at radius 2 is 2.12 bits per heavy atom. The van der Waals surface area contributed by atoms with E-state index in [4.69, 9.17) is 16.1 Å². The first kappa shape index (κ1) is 16.7. The molecule has 0 radical (unpaired) electrons. The van der Waals surface area contributed by atoms with Crippen LogP contribution >= 0.6 is 11.6 Å². The van der Waals surface area contributed by atoms with Crippen molar-refractivity contribution in [2.75, 3.05) is 11.4 Å². The molecule has 1 unspecified atom stereocenters. The number of hydrogen-bond donors (Lipinski definition) is 0. The van der Waals surface area contributed by atoms with Crippen LogP contribution in [-0.2, 0) is 4.79 Å². The van der Waals surface area contributed by atoms with Crippen LogP contribution in [0.3, 0.4) is 0 Å². The van der Waals surface area contributed by atoms with Gasteiger partial charge in [0.15, 0.2) is 5.82 Å². The highest BCUT2D eigenvalue weighted by Gasteiger charge is 2.34. The maximum Gasteiger partial charge on any atom is 0.258 e. The van der Waals surface area contributed by atoms with Gasteiger partial charge in [-0.05, 0) is 48.9 Å². The Kier molecular flexibility index (Phi) is 4.20. The number of aromatic nitrogens is 2. The Morgan fingerprint density at radius 1 is 1.27 bits per heavy atom. The Hall–Kier alpha value is -2.73. The number of hydrogen-bond acceptors (Lipinski definition) is 4. The smallest absolute Gasteiger partial charge is 0.258 e. The SMILES string of the molecule is Cc1cc(N2CC(c3noc(-c4cccc(F)c4)n3)CC2=O)ccc1Cl. The average molecular weight is 372 g/mol. The topological polar surface area (TPSA) is 59.2 Å². The second-order valence-electron chi connectivity index (χ2n) is 6.31. The van der Waals surface area contributed by atoms with E-state index >= 15 is 0 Å². The third-order valence-corrected chi connectivity index (χ3v) is 4.88. The summed E-state index contributed by atoms with van der Waals surface area (Å²) in [6, 6.07) is 11.5. The Morgan fingerprint density at radius 3 is 2.88 bits per heavy atom. The van der Waals surface area contributed by atoms with Gasteiger partial charge in [0.2, 0.25) is 5.91 Å². The van der Waals surface area contributed by atoms with Crippen LogP contribution in [-0.4, -0.2) is 22.6 Å². The minimum absolute atomic E-state index is 0.00571. The molecule has 1 saturated heterocycles. The maximum atomic E-state index is 13.4. The summed E-state index contributed by atoms with van der Waals surface area (Å²) in [7, 11) is 0. The van der Waals surface area contributed by atoms with E-state index in [1.165, 1.54) is 12.1 Å². The summed E-state index contributed by atoms with van der Waals surface area (Å²) in [4.78, 5) is 18.5. The van der Waals surface area contributed by atoms with Gasteiger partial charge >= 0.3 is 0 Å². The zero-order valence-corrected chi connectivity index (χ0v) is 14.7. The van der Waals surface area contributed by atoms with E-state index in [9.17, 15) is 9.18 Å². The predicted molar refractivity (Wildman–Crippen MR) is 95.6 cm³/mol. The van der Waals surface area contributed by atoms with Gasteiger partial charge in [-0.2, -0.15) is 4.98 Å². The molecule has 26 heavy (non-hydrogen) atoms. The number of aryl methyl sites for hydroxylation is 1. The molecule has 0 bridgehead atoms. The molecule has 1 aliphatic heterocycles. The minimum Gasteiger partial charge on any atom is -0.334 e. The molecule has 1 aliphatic rings. The van der Waals surface area contributed by atoms with Gasteiger partial charge in [-0.1, -0.05) is 22.8 Å². The highest BCUT2D eigenvalue weighted by Crippen LogP contribution is 2.33. The zero-order valence-electron chi connectivity index (χ0n) is 13.9. The van der Waals surface area contributed by atoms with Crippen LogP contribution < -0.4 is 4.90 Å². The first-order valence-electron chi connectivity index (χ1n) is 8.17. The quantitative estimate of drug-likeness (QED) is 0.686. The maximum absolute atomic E-state index is 13.4. The lowest BCUT2D eigenvalue weighted by atomic mass is 10.1. The van der Waals surface area contributed by atoms with Crippen molar-refractivity contribution in [3.63, 3.8) is 0 Å². The highest BCUT2D eigenvalue weighted by molar-refractivity contribution is 6.31. The van der Waals surface area contributed by atoms with Crippen molar-refractivity contribution >= 4 is 23.2 Å². The van der Waals surface area contributed by atoms with Crippen LogP contribution in [0.1, 0.15) is 23.7 Å². The molecule has 1 aromatic heterocycles. The van der Waals surface area contributed by atoms with Crippen LogP contribution in [0, 0.1) is 12.7 Å². The molecule has 7 heteroatoms. The van der Waals surface area contributed by atoms with Gasteiger partial charge in [0.05, 0.1) is 0 Å². The largest absolute Gasteiger partial charge is 0.334 e. The summed E-state index contributed by atoms with van der Waals surface area (Å²) < 4.78 is 18.6. The zero-order chi connectivity index (χ0) is 18.3. The first-order valence-corrected chi connectivity index (χ1v) is 8.55. The predicted octanol–water partition coefficient (Wildman–Crippen LogP) is 4.36. The Labute approximate surface area is 154 Å². The molecule has 0 aliphatic carbocycles. The van der Waals surface area contributed by atoms with Gasteiger partial charge in [-0.3, -0.25) is 4.79 Å². The number of carbonyl (C=O) groups is 1. The number of anilines is 1. The molecule has 1 atom stereocenters. The van der Waals surface area contributed by atoms with Crippen LogP contribution in [0.4, 0.5) is 10.1 Å². The van der Waals surface area contributed by atoms with E-state index in [2.05, 4.69) is 10.1 Å².